The monoisotopic (exact) mass is 415 g/mol. The van der Waals surface area contributed by atoms with E-state index in [2.05, 4.69) is 25.5 Å². The van der Waals surface area contributed by atoms with Crippen LogP contribution < -0.4 is 15.5 Å². The Balaban J connectivity index is 1.37. The van der Waals surface area contributed by atoms with Crippen molar-refractivity contribution >= 4 is 17.7 Å². The molecule has 1 fully saturated rings. The first-order chi connectivity index (χ1) is 15.2. The van der Waals surface area contributed by atoms with Crippen molar-refractivity contribution in [1.29, 1.82) is 0 Å². The molecule has 0 spiro atoms. The molecule has 2 heterocycles. The van der Waals surface area contributed by atoms with Gasteiger partial charge in [-0.1, -0.05) is 60.7 Å². The first kappa shape index (κ1) is 20.8. The van der Waals surface area contributed by atoms with E-state index in [1.807, 2.05) is 73.7 Å². The number of carbonyl (C=O) groups is 1. The summed E-state index contributed by atoms with van der Waals surface area (Å²) in [6, 6.07) is 21.8. The van der Waals surface area contributed by atoms with Gasteiger partial charge >= 0.3 is 0 Å². The molecule has 6 nitrogen and oxygen atoms in total. The summed E-state index contributed by atoms with van der Waals surface area (Å²) in [6.45, 7) is 5.13. The molecule has 160 valence electrons. The molecule has 0 saturated carbocycles. The summed E-state index contributed by atoms with van der Waals surface area (Å²) in [5.41, 5.74) is 2.91. The number of amides is 1. The zero-order valence-electron chi connectivity index (χ0n) is 17.9. The molecule has 3 aromatic rings. The van der Waals surface area contributed by atoms with Crippen LogP contribution in [0, 0.1) is 6.92 Å². The van der Waals surface area contributed by atoms with Crippen LogP contribution in [0.5, 0.6) is 0 Å². The van der Waals surface area contributed by atoms with Crippen molar-refractivity contribution in [3.8, 4) is 0 Å². The van der Waals surface area contributed by atoms with Crippen LogP contribution in [0.15, 0.2) is 66.7 Å². The van der Waals surface area contributed by atoms with Gasteiger partial charge in [-0.05, 0) is 30.9 Å². The van der Waals surface area contributed by atoms with Crippen molar-refractivity contribution < 1.29 is 4.79 Å². The highest BCUT2D eigenvalue weighted by Crippen LogP contribution is 2.24. The number of benzene rings is 2. The second-order valence-electron chi connectivity index (χ2n) is 7.86. The van der Waals surface area contributed by atoms with Crippen LogP contribution in [0.4, 0.5) is 11.8 Å². The van der Waals surface area contributed by atoms with E-state index in [0.717, 1.165) is 35.7 Å². The van der Waals surface area contributed by atoms with Crippen molar-refractivity contribution in [1.82, 2.24) is 15.3 Å². The van der Waals surface area contributed by atoms with Gasteiger partial charge < -0.3 is 15.5 Å². The highest BCUT2D eigenvalue weighted by Gasteiger charge is 2.22. The van der Waals surface area contributed by atoms with Crippen molar-refractivity contribution in [3.05, 3.63) is 83.6 Å². The van der Waals surface area contributed by atoms with E-state index in [-0.39, 0.29) is 11.8 Å². The Morgan fingerprint density at radius 2 is 1.55 bits per heavy atom. The number of anilines is 2. The van der Waals surface area contributed by atoms with Gasteiger partial charge in [-0.25, -0.2) is 4.98 Å². The summed E-state index contributed by atoms with van der Waals surface area (Å²) in [7, 11) is 0. The largest absolute Gasteiger partial charge is 0.356 e. The first-order valence-corrected chi connectivity index (χ1v) is 10.9. The summed E-state index contributed by atoms with van der Waals surface area (Å²) in [6.07, 6.45) is 2.42. The third kappa shape index (κ3) is 5.40. The fourth-order valence-electron chi connectivity index (χ4n) is 3.99. The number of hydrogen-bond donors (Lipinski definition) is 2. The molecule has 2 N–H and O–H groups in total. The third-order valence-corrected chi connectivity index (χ3v) is 5.51. The van der Waals surface area contributed by atoms with Gasteiger partial charge in [-0.3, -0.25) is 4.79 Å². The molecule has 6 heteroatoms. The Bertz CT molecular complexity index is 948. The second-order valence-corrected chi connectivity index (χ2v) is 7.86. The second kappa shape index (κ2) is 10.1. The lowest BCUT2D eigenvalue weighted by atomic mass is 9.90. The number of aromatic nitrogens is 2. The molecule has 0 atom stereocenters. The lowest BCUT2D eigenvalue weighted by Crippen LogP contribution is -2.33. The highest BCUT2D eigenvalue weighted by molar-refractivity contribution is 5.87. The average molecular weight is 416 g/mol. The standard InChI is InChI=1S/C25H29N5O/c1-19-18-22(30-16-8-9-17-30)29-25(28-19)27-15-14-26-24(31)23(20-10-4-2-5-11-20)21-12-6-3-7-13-21/h2-7,10-13,18,23H,8-9,14-17H2,1H3,(H,26,31)(H,27,28,29). The number of rotatable bonds is 8. The van der Waals surface area contributed by atoms with Crippen molar-refractivity contribution in [2.24, 2.45) is 0 Å². The summed E-state index contributed by atoms with van der Waals surface area (Å²) in [5.74, 6) is 1.24. The van der Waals surface area contributed by atoms with E-state index in [4.69, 9.17) is 0 Å². The summed E-state index contributed by atoms with van der Waals surface area (Å²) < 4.78 is 0. The molecule has 0 bridgehead atoms. The minimum atomic E-state index is -0.334. The van der Waals surface area contributed by atoms with Crippen LogP contribution in [-0.2, 0) is 4.79 Å². The van der Waals surface area contributed by atoms with Gasteiger partial charge in [0, 0.05) is 37.9 Å². The number of nitrogens with one attached hydrogen (secondary N) is 2. The fourth-order valence-corrected chi connectivity index (χ4v) is 3.99. The van der Waals surface area contributed by atoms with Gasteiger partial charge in [0.1, 0.15) is 5.82 Å². The van der Waals surface area contributed by atoms with E-state index < -0.39 is 0 Å². The molecule has 31 heavy (non-hydrogen) atoms. The zero-order chi connectivity index (χ0) is 21.5. The third-order valence-electron chi connectivity index (χ3n) is 5.51. The maximum absolute atomic E-state index is 13.1. The molecule has 1 aliphatic rings. The van der Waals surface area contributed by atoms with Gasteiger partial charge in [0.2, 0.25) is 11.9 Å². The topological polar surface area (TPSA) is 70.2 Å². The number of aryl methyl sites for hydroxylation is 1. The number of carbonyl (C=O) groups excluding carboxylic acids is 1. The lowest BCUT2D eigenvalue weighted by Gasteiger charge is -2.19. The fraction of sp³-hybridized carbons (Fsp3) is 0.320. The van der Waals surface area contributed by atoms with Crippen molar-refractivity contribution in [2.45, 2.75) is 25.7 Å². The van der Waals surface area contributed by atoms with E-state index in [1.54, 1.807) is 0 Å². The van der Waals surface area contributed by atoms with Crippen LogP contribution in [0.25, 0.3) is 0 Å². The highest BCUT2D eigenvalue weighted by atomic mass is 16.1. The maximum atomic E-state index is 13.1. The first-order valence-electron chi connectivity index (χ1n) is 10.9. The quantitative estimate of drug-likeness (QED) is 0.549. The normalized spacial score (nSPS) is 13.4. The van der Waals surface area contributed by atoms with Gasteiger partial charge in [-0.2, -0.15) is 4.98 Å². The predicted molar refractivity (Wildman–Crippen MR) is 124 cm³/mol. The molecule has 0 aliphatic carbocycles. The van der Waals surface area contributed by atoms with Crippen molar-refractivity contribution in [3.63, 3.8) is 0 Å². The Morgan fingerprint density at radius 1 is 0.935 bits per heavy atom. The molecular weight excluding hydrogens is 386 g/mol. The van der Waals surface area contributed by atoms with Gasteiger partial charge in [0.05, 0.1) is 5.92 Å². The van der Waals surface area contributed by atoms with E-state index in [9.17, 15) is 4.79 Å². The van der Waals surface area contributed by atoms with Crippen LogP contribution in [0.2, 0.25) is 0 Å². The van der Waals surface area contributed by atoms with E-state index in [0.29, 0.717) is 19.0 Å². The van der Waals surface area contributed by atoms with Crippen LogP contribution in [-0.4, -0.2) is 42.1 Å². The van der Waals surface area contributed by atoms with Gasteiger partial charge in [-0.15, -0.1) is 0 Å². The zero-order valence-corrected chi connectivity index (χ0v) is 17.9. The molecule has 2 aromatic carbocycles. The minimum absolute atomic E-state index is 0.0119. The SMILES string of the molecule is Cc1cc(N2CCCC2)nc(NCCNC(=O)C(c2ccccc2)c2ccccc2)n1. The molecule has 1 amide bonds. The molecule has 0 unspecified atom stereocenters. The molecule has 4 rings (SSSR count). The van der Waals surface area contributed by atoms with Crippen LogP contribution in [0.1, 0.15) is 35.6 Å². The average Bonchev–Trinajstić information content (AvgIpc) is 3.33. The number of hydrogen-bond acceptors (Lipinski definition) is 5. The Kier molecular flexibility index (Phi) is 6.77. The predicted octanol–water partition coefficient (Wildman–Crippen LogP) is 3.75. The Morgan fingerprint density at radius 3 is 2.16 bits per heavy atom. The van der Waals surface area contributed by atoms with Crippen LogP contribution >= 0.6 is 0 Å². The summed E-state index contributed by atoms with van der Waals surface area (Å²) in [5, 5.41) is 6.33. The van der Waals surface area contributed by atoms with E-state index in [1.165, 1.54) is 12.8 Å². The Labute approximate surface area is 183 Å². The maximum Gasteiger partial charge on any atom is 0.232 e. The molecule has 1 aromatic heterocycles. The van der Waals surface area contributed by atoms with Crippen molar-refractivity contribution in [2.75, 3.05) is 36.4 Å². The molecular formula is C25H29N5O. The molecule has 1 aliphatic heterocycles. The van der Waals surface area contributed by atoms with Gasteiger partial charge in [0.15, 0.2) is 0 Å². The number of nitrogens with zero attached hydrogens (tertiary/aromatic N) is 3. The summed E-state index contributed by atoms with van der Waals surface area (Å²) in [4.78, 5) is 24.5. The molecule has 0 radical (unpaired) electrons. The van der Waals surface area contributed by atoms with E-state index >= 15 is 0 Å². The summed E-state index contributed by atoms with van der Waals surface area (Å²) >= 11 is 0. The van der Waals surface area contributed by atoms with Gasteiger partial charge in [0.25, 0.3) is 0 Å². The lowest BCUT2D eigenvalue weighted by molar-refractivity contribution is -0.121. The molecule has 1 saturated heterocycles. The smallest absolute Gasteiger partial charge is 0.232 e. The Hall–Kier alpha value is -3.41. The minimum Gasteiger partial charge on any atom is -0.356 e. The van der Waals surface area contributed by atoms with Crippen LogP contribution in [0.3, 0.4) is 0 Å².